The van der Waals surface area contributed by atoms with Crippen molar-refractivity contribution in [3.05, 3.63) is 206 Å². The van der Waals surface area contributed by atoms with Crippen LogP contribution in [0.4, 0.5) is 0 Å². The molecule has 0 aliphatic rings. The fourth-order valence-corrected chi connectivity index (χ4v) is 9.23. The van der Waals surface area contributed by atoms with E-state index in [0.717, 1.165) is 87.4 Å². The molecule has 0 spiro atoms. The summed E-state index contributed by atoms with van der Waals surface area (Å²) < 4.78 is 4.37. The molecule has 0 saturated carbocycles. The summed E-state index contributed by atoms with van der Waals surface area (Å²) in [5.41, 5.74) is 7.59. The van der Waals surface area contributed by atoms with Gasteiger partial charge < -0.3 is 0 Å². The normalized spacial score (nSPS) is 11.8. The van der Waals surface area contributed by atoms with Crippen LogP contribution in [0.2, 0.25) is 0 Å². The molecule has 0 bridgehead atoms. The van der Waals surface area contributed by atoms with Gasteiger partial charge in [0.1, 0.15) is 0 Å². The molecule has 0 unspecified atom stereocenters. The summed E-state index contributed by atoms with van der Waals surface area (Å²) in [6.45, 7) is 0. The molecule has 8 heteroatoms. The second-order valence-corrected chi connectivity index (χ2v) is 16.0. The molecule has 4 heterocycles. The zero-order valence-corrected chi connectivity index (χ0v) is 34.2. The average molecular weight is 819 g/mol. The molecular formula is C56H34N8. The Morgan fingerprint density at radius 2 is 0.609 bits per heavy atom. The van der Waals surface area contributed by atoms with Crippen molar-refractivity contribution in [2.24, 2.45) is 0 Å². The molecule has 4 aromatic heterocycles. The zero-order valence-electron chi connectivity index (χ0n) is 34.2. The van der Waals surface area contributed by atoms with Crippen LogP contribution in [0, 0.1) is 0 Å². The average Bonchev–Trinajstić information content (AvgIpc) is 3.89. The van der Waals surface area contributed by atoms with Crippen molar-refractivity contribution in [1.82, 2.24) is 39.0 Å². The molecular weight excluding hydrogens is 785 g/mol. The molecule has 13 rings (SSSR count). The highest BCUT2D eigenvalue weighted by molar-refractivity contribution is 6.28. The third-order valence-corrected chi connectivity index (χ3v) is 12.2. The van der Waals surface area contributed by atoms with Crippen LogP contribution in [-0.2, 0) is 0 Å². The van der Waals surface area contributed by atoms with Crippen molar-refractivity contribution >= 4 is 65.2 Å². The maximum absolute atomic E-state index is 5.28. The number of fused-ring (bicyclic) bond motifs is 9. The number of hydrogen-bond acceptors (Lipinski definition) is 6. The maximum Gasteiger partial charge on any atom is 0.238 e. The van der Waals surface area contributed by atoms with Gasteiger partial charge in [-0.3, -0.25) is 9.13 Å². The lowest BCUT2D eigenvalue weighted by atomic mass is 10.1. The van der Waals surface area contributed by atoms with Gasteiger partial charge in [0, 0.05) is 43.8 Å². The number of aromatic nitrogens is 8. The van der Waals surface area contributed by atoms with E-state index in [-0.39, 0.29) is 0 Å². The SMILES string of the molecule is c1ccc(-c2nc(-c3ccc4ccccc4c3)nc(-n3c4ccccc4c4c5c6ccccc6n(-c6nc(-c7ccccc7)nc(-c7ccc8ccccc8c7)n6)c5ccc43)n2)cc1. The van der Waals surface area contributed by atoms with Crippen molar-refractivity contribution in [1.29, 1.82) is 0 Å². The zero-order chi connectivity index (χ0) is 42.1. The Kier molecular flexibility index (Phi) is 8.04. The van der Waals surface area contributed by atoms with E-state index in [9.17, 15) is 0 Å². The Hall–Kier alpha value is -8.88. The van der Waals surface area contributed by atoms with E-state index in [4.69, 9.17) is 29.9 Å². The Morgan fingerprint density at radius 1 is 0.250 bits per heavy atom. The van der Waals surface area contributed by atoms with Crippen molar-refractivity contribution in [2.75, 3.05) is 0 Å². The molecule has 0 aliphatic heterocycles. The fraction of sp³-hybridized carbons (Fsp3) is 0. The predicted octanol–water partition coefficient (Wildman–Crippen LogP) is 13.2. The Bertz CT molecular complexity index is 3710. The van der Waals surface area contributed by atoms with Gasteiger partial charge in [0.05, 0.1) is 22.1 Å². The highest BCUT2D eigenvalue weighted by atomic mass is 15.2. The number of rotatable bonds is 6. The van der Waals surface area contributed by atoms with Gasteiger partial charge in [-0.15, -0.1) is 0 Å². The largest absolute Gasteiger partial charge is 0.278 e. The van der Waals surface area contributed by atoms with Gasteiger partial charge in [-0.25, -0.2) is 9.97 Å². The van der Waals surface area contributed by atoms with Gasteiger partial charge in [0.2, 0.25) is 11.9 Å². The molecule has 0 saturated heterocycles. The van der Waals surface area contributed by atoms with Crippen molar-refractivity contribution < 1.29 is 0 Å². The van der Waals surface area contributed by atoms with Crippen LogP contribution in [0.25, 0.3) is 123 Å². The molecule has 64 heavy (non-hydrogen) atoms. The van der Waals surface area contributed by atoms with Gasteiger partial charge in [-0.2, -0.15) is 19.9 Å². The monoisotopic (exact) mass is 818 g/mol. The molecule has 0 amide bonds. The molecule has 0 N–H and O–H groups in total. The van der Waals surface area contributed by atoms with Crippen molar-refractivity contribution in [3.8, 4) is 57.4 Å². The predicted molar refractivity (Wildman–Crippen MR) is 259 cm³/mol. The van der Waals surface area contributed by atoms with Crippen LogP contribution in [-0.4, -0.2) is 39.0 Å². The molecule has 8 nitrogen and oxygen atoms in total. The third kappa shape index (κ3) is 5.77. The van der Waals surface area contributed by atoms with E-state index in [0.29, 0.717) is 35.2 Å². The van der Waals surface area contributed by atoms with Gasteiger partial charge in [0.15, 0.2) is 23.3 Å². The smallest absolute Gasteiger partial charge is 0.238 e. The van der Waals surface area contributed by atoms with Gasteiger partial charge in [-0.1, -0.05) is 170 Å². The van der Waals surface area contributed by atoms with E-state index in [1.807, 2.05) is 60.7 Å². The highest BCUT2D eigenvalue weighted by Crippen LogP contribution is 2.42. The molecule has 0 fully saturated rings. The summed E-state index contributed by atoms with van der Waals surface area (Å²) in [5, 5.41) is 8.90. The Balaban J connectivity index is 1.08. The molecule has 0 radical (unpaired) electrons. The minimum Gasteiger partial charge on any atom is -0.278 e. The molecule has 298 valence electrons. The Morgan fingerprint density at radius 3 is 1.05 bits per heavy atom. The summed E-state index contributed by atoms with van der Waals surface area (Å²) in [5.74, 6) is 3.48. The first-order valence-corrected chi connectivity index (χ1v) is 21.3. The number of nitrogens with zero attached hydrogens (tertiary/aromatic N) is 8. The van der Waals surface area contributed by atoms with E-state index in [2.05, 4.69) is 155 Å². The first-order chi connectivity index (χ1) is 31.7. The quantitative estimate of drug-likeness (QED) is 0.166. The van der Waals surface area contributed by atoms with Crippen LogP contribution in [0.15, 0.2) is 206 Å². The van der Waals surface area contributed by atoms with Crippen LogP contribution >= 0.6 is 0 Å². The van der Waals surface area contributed by atoms with Crippen LogP contribution in [0.5, 0.6) is 0 Å². The lowest BCUT2D eigenvalue weighted by Gasteiger charge is -2.12. The van der Waals surface area contributed by atoms with Crippen LogP contribution in [0.3, 0.4) is 0 Å². The molecule has 13 aromatic rings. The third-order valence-electron chi connectivity index (χ3n) is 12.2. The second kappa shape index (κ2) is 14.4. The lowest BCUT2D eigenvalue weighted by Crippen LogP contribution is -2.07. The summed E-state index contributed by atoms with van der Waals surface area (Å²) in [6, 6.07) is 71.1. The number of para-hydroxylation sites is 2. The number of benzene rings is 9. The summed E-state index contributed by atoms with van der Waals surface area (Å²) in [7, 11) is 0. The van der Waals surface area contributed by atoms with Gasteiger partial charge in [-0.05, 0) is 57.9 Å². The highest BCUT2D eigenvalue weighted by Gasteiger charge is 2.24. The minimum absolute atomic E-state index is 0.538. The maximum atomic E-state index is 5.28. The van der Waals surface area contributed by atoms with Gasteiger partial charge >= 0.3 is 0 Å². The summed E-state index contributed by atoms with van der Waals surface area (Å²) in [6.07, 6.45) is 0. The summed E-state index contributed by atoms with van der Waals surface area (Å²) >= 11 is 0. The van der Waals surface area contributed by atoms with E-state index < -0.39 is 0 Å². The fourth-order valence-electron chi connectivity index (χ4n) is 9.23. The minimum atomic E-state index is 0.538. The standard InChI is InChI=1S/C56H34N8/c1-3-17-37(18-4-1)51-57-53(41-29-27-35-15-7-9-21-39(35)33-41)61-55(59-51)63-45-25-13-11-23-43(45)49-47(63)31-32-48-50(49)44-24-12-14-26-46(44)64(48)56-60-52(38-19-5-2-6-20-38)58-54(62-56)42-30-28-36-16-8-10-22-40(36)34-42/h1-34H. The molecule has 9 aromatic carbocycles. The van der Waals surface area contributed by atoms with Gasteiger partial charge in [0.25, 0.3) is 0 Å². The summed E-state index contributed by atoms with van der Waals surface area (Å²) in [4.78, 5) is 31.2. The molecule has 0 aliphatic carbocycles. The number of hydrogen-bond donors (Lipinski definition) is 0. The Labute approximate surface area is 366 Å². The first kappa shape index (κ1) is 35.8. The van der Waals surface area contributed by atoms with E-state index in [1.54, 1.807) is 0 Å². The topological polar surface area (TPSA) is 87.2 Å². The second-order valence-electron chi connectivity index (χ2n) is 16.0. The van der Waals surface area contributed by atoms with Crippen LogP contribution in [0.1, 0.15) is 0 Å². The van der Waals surface area contributed by atoms with E-state index >= 15 is 0 Å². The van der Waals surface area contributed by atoms with Crippen molar-refractivity contribution in [3.63, 3.8) is 0 Å². The lowest BCUT2D eigenvalue weighted by molar-refractivity contribution is 0.951. The van der Waals surface area contributed by atoms with Crippen LogP contribution < -0.4 is 0 Å². The molecule has 0 atom stereocenters. The van der Waals surface area contributed by atoms with E-state index in [1.165, 1.54) is 0 Å². The van der Waals surface area contributed by atoms with Crippen molar-refractivity contribution in [2.45, 2.75) is 0 Å². The first-order valence-electron chi connectivity index (χ1n) is 21.3.